The molecule has 9 rings (SSSR count). The van der Waals surface area contributed by atoms with Crippen LogP contribution in [-0.2, 0) is 26.2 Å². The van der Waals surface area contributed by atoms with Crippen LogP contribution in [0.2, 0.25) is 0 Å². The van der Waals surface area contributed by atoms with Crippen LogP contribution in [0.3, 0.4) is 0 Å². The summed E-state index contributed by atoms with van der Waals surface area (Å²) in [6.45, 7) is 19.6. The molecule has 410 valence electrons. The summed E-state index contributed by atoms with van der Waals surface area (Å²) in [7, 11) is 0. The van der Waals surface area contributed by atoms with Gasteiger partial charge in [-0.15, -0.1) is 26.3 Å². The summed E-state index contributed by atoms with van der Waals surface area (Å²) in [6.07, 6.45) is 58.3. The van der Waals surface area contributed by atoms with Crippen LogP contribution in [-0.4, -0.2) is 19.9 Å². The molecule has 0 spiro atoms. The van der Waals surface area contributed by atoms with Crippen LogP contribution >= 0.6 is 0 Å². The van der Waals surface area contributed by atoms with Crippen LogP contribution in [0, 0.1) is 0 Å². The fourth-order valence-corrected chi connectivity index (χ4v) is 11.3. The Morgan fingerprint density at radius 1 is 0.287 bits per heavy atom. The minimum absolute atomic E-state index is 0.911. The molecule has 0 saturated carbocycles. The van der Waals surface area contributed by atoms with E-state index in [1.54, 1.807) is 0 Å². The number of hydrogen-bond donors (Lipinski definition) is 2. The third kappa shape index (κ3) is 15.3. The zero-order valence-corrected chi connectivity index (χ0v) is 47.6. The van der Waals surface area contributed by atoms with E-state index < -0.39 is 0 Å². The zero-order valence-electron chi connectivity index (χ0n) is 47.6. The molecule has 8 heteroatoms. The van der Waals surface area contributed by atoms with E-state index in [2.05, 4.69) is 201 Å². The van der Waals surface area contributed by atoms with Gasteiger partial charge in [-0.05, 0) is 148 Å². The van der Waals surface area contributed by atoms with Gasteiger partial charge in [-0.3, -0.25) is 0 Å². The molecule has 0 saturated heterocycles. The molecular formula is C72H86N8+4. The predicted octanol–water partition coefficient (Wildman–Crippen LogP) is 17.0. The largest absolute Gasteiger partial charge is 0.354 e. The Kier molecular flexibility index (Phi) is 21.3. The Labute approximate surface area is 477 Å². The number of rotatable bonds is 32. The molecule has 0 unspecified atom stereocenters. The Morgan fingerprint density at radius 2 is 0.500 bits per heavy atom. The van der Waals surface area contributed by atoms with Crippen molar-refractivity contribution in [1.29, 1.82) is 0 Å². The quantitative estimate of drug-likeness (QED) is 0.0251. The molecule has 8 bridgehead atoms. The van der Waals surface area contributed by atoms with Crippen LogP contribution in [0.4, 0.5) is 0 Å². The van der Waals surface area contributed by atoms with E-state index in [1.165, 1.54) is 77.0 Å². The van der Waals surface area contributed by atoms with E-state index in [1.807, 2.05) is 24.3 Å². The highest BCUT2D eigenvalue weighted by Crippen LogP contribution is 2.38. The first-order chi connectivity index (χ1) is 39.5. The number of nitrogens with one attached hydrogen (secondary N) is 2. The molecule has 2 aliphatic heterocycles. The molecule has 7 aromatic rings. The van der Waals surface area contributed by atoms with Gasteiger partial charge in [0.25, 0.3) is 0 Å². The van der Waals surface area contributed by atoms with Crippen molar-refractivity contribution in [3.05, 3.63) is 196 Å². The van der Waals surface area contributed by atoms with Gasteiger partial charge in [-0.25, -0.2) is 28.2 Å². The maximum absolute atomic E-state index is 5.63. The van der Waals surface area contributed by atoms with Gasteiger partial charge in [0, 0.05) is 119 Å². The molecule has 7 aromatic heterocycles. The molecule has 0 aromatic carbocycles. The van der Waals surface area contributed by atoms with Crippen molar-refractivity contribution >= 4 is 46.4 Å². The van der Waals surface area contributed by atoms with Crippen molar-refractivity contribution in [2.75, 3.05) is 0 Å². The molecule has 0 fully saturated rings. The summed E-state index contributed by atoms with van der Waals surface area (Å²) in [5.41, 5.74) is 16.3. The summed E-state index contributed by atoms with van der Waals surface area (Å²) in [6, 6.07) is 27.0. The van der Waals surface area contributed by atoms with Crippen LogP contribution < -0.4 is 18.3 Å². The van der Waals surface area contributed by atoms with E-state index in [9.17, 15) is 0 Å². The average Bonchev–Trinajstić information content (AvgIpc) is 4.38. The molecule has 0 radical (unpaired) electrons. The molecule has 0 atom stereocenters. The highest BCUT2D eigenvalue weighted by molar-refractivity contribution is 5.99. The molecule has 0 aliphatic carbocycles. The number of fused-ring (bicyclic) bond motifs is 8. The monoisotopic (exact) mass is 1060 g/mol. The van der Waals surface area contributed by atoms with Gasteiger partial charge in [-0.1, -0.05) is 50.0 Å². The van der Waals surface area contributed by atoms with E-state index >= 15 is 0 Å². The molecule has 8 nitrogen and oxygen atoms in total. The fourth-order valence-electron chi connectivity index (χ4n) is 11.3. The number of aromatic amines is 2. The Balaban J connectivity index is 1.20. The van der Waals surface area contributed by atoms with Crippen LogP contribution in [0.15, 0.2) is 173 Å². The number of pyridine rings is 4. The maximum Gasteiger partial charge on any atom is 0.169 e. The summed E-state index contributed by atoms with van der Waals surface area (Å²) < 4.78 is 9.27. The molecule has 9 heterocycles. The Bertz CT molecular complexity index is 2940. The van der Waals surface area contributed by atoms with Crippen molar-refractivity contribution in [2.24, 2.45) is 0 Å². The number of hydrogen-bond acceptors (Lipinski definition) is 2. The van der Waals surface area contributed by atoms with Crippen LogP contribution in [0.25, 0.3) is 90.9 Å². The van der Waals surface area contributed by atoms with Gasteiger partial charge in [-0.2, -0.15) is 0 Å². The van der Waals surface area contributed by atoms with Crippen molar-refractivity contribution < 1.29 is 18.3 Å². The minimum atomic E-state index is 0.911. The number of unbranched alkanes of at least 4 members (excludes halogenated alkanes) is 16. The molecule has 0 amide bonds. The molecule has 80 heavy (non-hydrogen) atoms. The number of H-pyrrole nitrogens is 2. The third-order valence-corrected chi connectivity index (χ3v) is 15.8. The smallest absolute Gasteiger partial charge is 0.169 e. The standard InChI is InChI=1S/C72H85N8/c1-5-9-13-17-21-25-45-77-49-37-57(38-50-77)69-61-29-31-63(73-61)70(58-39-51-78(52-40-58)46-26-22-18-14-10-6-2)65-33-35-67(75-65)72(60-43-55-80(56-44-60)48-28-24-20-16-12-8-4)68-36-34-66(76-68)71(64-32-30-62(69)74-64)59-41-53-79(54-42-59)47-27-23-19-15-11-7-3/h5-8,29-44,49-56H,1-4,9-28,45-48H2,(H,73,74,75,76)/q+3/p+1. The Morgan fingerprint density at radius 3 is 0.713 bits per heavy atom. The van der Waals surface area contributed by atoms with E-state index in [0.717, 1.165) is 167 Å². The van der Waals surface area contributed by atoms with E-state index in [-0.39, 0.29) is 0 Å². The average molecular weight is 1060 g/mol. The first-order valence-electron chi connectivity index (χ1n) is 30.1. The fraction of sp³-hybridized carbons (Fsp3) is 0.333. The molecular weight excluding hydrogens is 977 g/mol. The zero-order chi connectivity index (χ0) is 55.1. The maximum atomic E-state index is 5.63. The van der Waals surface area contributed by atoms with Gasteiger partial charge < -0.3 is 9.97 Å². The topological polar surface area (TPSA) is 72.9 Å². The number of aromatic nitrogens is 8. The lowest BCUT2D eigenvalue weighted by Gasteiger charge is -2.07. The first-order valence-corrected chi connectivity index (χ1v) is 30.1. The van der Waals surface area contributed by atoms with Crippen molar-refractivity contribution in [1.82, 2.24) is 19.9 Å². The van der Waals surface area contributed by atoms with Gasteiger partial charge in [0.05, 0.1) is 22.8 Å². The third-order valence-electron chi connectivity index (χ3n) is 15.8. The predicted molar refractivity (Wildman–Crippen MR) is 335 cm³/mol. The first kappa shape index (κ1) is 56.9. The summed E-state index contributed by atoms with van der Waals surface area (Å²) in [4.78, 5) is 19.2. The second kappa shape index (κ2) is 29.9. The van der Waals surface area contributed by atoms with Crippen molar-refractivity contribution in [3.8, 4) is 44.5 Å². The van der Waals surface area contributed by atoms with Crippen LogP contribution in [0.5, 0.6) is 0 Å². The minimum Gasteiger partial charge on any atom is -0.354 e. The number of allylic oxidation sites excluding steroid dienone is 4. The van der Waals surface area contributed by atoms with E-state index in [0.29, 0.717) is 0 Å². The molecule has 2 aliphatic rings. The molecule has 2 N–H and O–H groups in total. The number of aryl methyl sites for hydroxylation is 4. The van der Waals surface area contributed by atoms with Gasteiger partial charge >= 0.3 is 0 Å². The highest BCUT2D eigenvalue weighted by atomic mass is 14.9. The second-order valence-electron chi connectivity index (χ2n) is 21.8. The number of nitrogens with zero attached hydrogens (tertiary/aromatic N) is 6. The Hall–Kier alpha value is -7.84. The highest BCUT2D eigenvalue weighted by Gasteiger charge is 2.21. The van der Waals surface area contributed by atoms with Gasteiger partial charge in [0.15, 0.2) is 49.6 Å². The van der Waals surface area contributed by atoms with Crippen molar-refractivity contribution in [3.63, 3.8) is 0 Å². The summed E-state index contributed by atoms with van der Waals surface area (Å²) in [5, 5.41) is 0. The van der Waals surface area contributed by atoms with Crippen molar-refractivity contribution in [2.45, 2.75) is 155 Å². The normalized spacial score (nSPS) is 11.8. The van der Waals surface area contributed by atoms with Gasteiger partial charge in [0.1, 0.15) is 26.2 Å². The SMILES string of the molecule is C=CCCCCCC[n+]1ccc(-c2c3nc(c(-c4cc[n+](CCCCCCC=C)cc4)c4ccc([nH]4)c(-c4cc[n+](CCCCCCC=C)cc4)c4nc(c(-c5cc[n+](CCCCCCC=C)cc5)c5ccc2[nH]5)C=C4)C=C3)cc1. The lowest BCUT2D eigenvalue weighted by molar-refractivity contribution is -0.697. The van der Waals surface area contributed by atoms with Crippen LogP contribution in [0.1, 0.15) is 151 Å². The summed E-state index contributed by atoms with van der Waals surface area (Å²) in [5.74, 6) is 0. The lowest BCUT2D eigenvalue weighted by Crippen LogP contribution is -2.32. The lowest BCUT2D eigenvalue weighted by atomic mass is 10.0. The second-order valence-corrected chi connectivity index (χ2v) is 21.8. The summed E-state index contributed by atoms with van der Waals surface area (Å²) >= 11 is 0. The van der Waals surface area contributed by atoms with Gasteiger partial charge in [0.2, 0.25) is 0 Å². The van der Waals surface area contributed by atoms with E-state index in [4.69, 9.17) is 9.97 Å².